The summed E-state index contributed by atoms with van der Waals surface area (Å²) in [6, 6.07) is 18.6. The zero-order valence-electron chi connectivity index (χ0n) is 18.7. The quantitative estimate of drug-likeness (QED) is 0.457. The van der Waals surface area contributed by atoms with Gasteiger partial charge in [-0.25, -0.2) is 9.97 Å². The van der Waals surface area contributed by atoms with Gasteiger partial charge in [0.05, 0.1) is 11.9 Å². The SMILES string of the molecule is CC(=O)N1CCN(Cc2ccc(-c3cnc4c(OCc5ccccc5)nccn34)cc2)CC1. The lowest BCUT2D eigenvalue weighted by Crippen LogP contribution is -2.47. The van der Waals surface area contributed by atoms with Crippen molar-refractivity contribution in [2.75, 3.05) is 26.2 Å². The number of benzene rings is 2. The molecule has 1 aliphatic heterocycles. The van der Waals surface area contributed by atoms with Crippen molar-refractivity contribution in [1.82, 2.24) is 24.2 Å². The van der Waals surface area contributed by atoms with E-state index in [1.165, 1.54) is 5.56 Å². The second-order valence-corrected chi connectivity index (χ2v) is 8.32. The molecular weight excluding hydrogens is 414 g/mol. The molecule has 2 aromatic heterocycles. The summed E-state index contributed by atoms with van der Waals surface area (Å²) >= 11 is 0. The first-order valence-electron chi connectivity index (χ1n) is 11.2. The first-order valence-corrected chi connectivity index (χ1v) is 11.2. The van der Waals surface area contributed by atoms with Gasteiger partial charge in [0.2, 0.25) is 11.6 Å². The van der Waals surface area contributed by atoms with Crippen LogP contribution in [0.15, 0.2) is 73.2 Å². The first-order chi connectivity index (χ1) is 16.2. The van der Waals surface area contributed by atoms with Crippen LogP contribution in [0.2, 0.25) is 0 Å². The van der Waals surface area contributed by atoms with E-state index < -0.39 is 0 Å². The molecule has 1 saturated heterocycles. The molecule has 0 N–H and O–H groups in total. The summed E-state index contributed by atoms with van der Waals surface area (Å²) < 4.78 is 7.97. The van der Waals surface area contributed by atoms with Gasteiger partial charge in [-0.15, -0.1) is 0 Å². The Morgan fingerprint density at radius 3 is 2.42 bits per heavy atom. The molecular formula is C26H27N5O2. The minimum atomic E-state index is 0.163. The fourth-order valence-electron chi connectivity index (χ4n) is 4.20. The van der Waals surface area contributed by atoms with Crippen molar-refractivity contribution >= 4 is 11.6 Å². The van der Waals surface area contributed by atoms with E-state index in [9.17, 15) is 4.79 Å². The molecule has 3 heterocycles. The van der Waals surface area contributed by atoms with Crippen LogP contribution in [0.4, 0.5) is 0 Å². The molecule has 1 aliphatic rings. The number of imidazole rings is 1. The molecule has 0 spiro atoms. The molecule has 4 aromatic rings. The summed E-state index contributed by atoms with van der Waals surface area (Å²) in [7, 11) is 0. The van der Waals surface area contributed by atoms with Gasteiger partial charge in [-0.3, -0.25) is 14.1 Å². The van der Waals surface area contributed by atoms with Crippen molar-refractivity contribution in [3.63, 3.8) is 0 Å². The Morgan fingerprint density at radius 1 is 0.939 bits per heavy atom. The highest BCUT2D eigenvalue weighted by Gasteiger charge is 2.18. The van der Waals surface area contributed by atoms with E-state index in [4.69, 9.17) is 4.74 Å². The average molecular weight is 442 g/mol. The molecule has 0 saturated carbocycles. The van der Waals surface area contributed by atoms with E-state index in [-0.39, 0.29) is 5.91 Å². The molecule has 5 rings (SSSR count). The highest BCUT2D eigenvalue weighted by molar-refractivity contribution is 5.73. The van der Waals surface area contributed by atoms with Crippen LogP contribution in [0.25, 0.3) is 16.9 Å². The van der Waals surface area contributed by atoms with E-state index in [2.05, 4.69) is 39.1 Å². The van der Waals surface area contributed by atoms with Crippen molar-refractivity contribution < 1.29 is 9.53 Å². The lowest BCUT2D eigenvalue weighted by Gasteiger charge is -2.34. The van der Waals surface area contributed by atoms with E-state index in [0.29, 0.717) is 18.1 Å². The molecule has 0 bridgehead atoms. The Labute approximate surface area is 193 Å². The van der Waals surface area contributed by atoms with Crippen LogP contribution in [0.3, 0.4) is 0 Å². The molecule has 7 nitrogen and oxygen atoms in total. The molecule has 0 unspecified atom stereocenters. The third kappa shape index (κ3) is 4.73. The molecule has 1 amide bonds. The van der Waals surface area contributed by atoms with Gasteiger partial charge in [0.1, 0.15) is 6.61 Å². The number of fused-ring (bicyclic) bond motifs is 1. The van der Waals surface area contributed by atoms with Crippen molar-refractivity contribution in [2.45, 2.75) is 20.1 Å². The van der Waals surface area contributed by atoms with E-state index in [1.807, 2.05) is 52.0 Å². The number of piperazine rings is 1. The molecule has 0 atom stereocenters. The van der Waals surface area contributed by atoms with Crippen molar-refractivity contribution in [2.24, 2.45) is 0 Å². The maximum absolute atomic E-state index is 11.5. The van der Waals surface area contributed by atoms with Crippen LogP contribution in [0, 0.1) is 0 Å². The second-order valence-electron chi connectivity index (χ2n) is 8.32. The molecule has 33 heavy (non-hydrogen) atoms. The largest absolute Gasteiger partial charge is 0.470 e. The summed E-state index contributed by atoms with van der Waals surface area (Å²) in [5, 5.41) is 0. The minimum absolute atomic E-state index is 0.163. The number of carbonyl (C=O) groups is 1. The summed E-state index contributed by atoms with van der Waals surface area (Å²) in [5.74, 6) is 0.685. The summed E-state index contributed by atoms with van der Waals surface area (Å²) in [6.07, 6.45) is 5.52. The highest BCUT2D eigenvalue weighted by atomic mass is 16.5. The number of hydrogen-bond donors (Lipinski definition) is 0. The predicted molar refractivity (Wildman–Crippen MR) is 127 cm³/mol. The topological polar surface area (TPSA) is 63.0 Å². The first kappa shape index (κ1) is 21.2. The summed E-state index contributed by atoms with van der Waals surface area (Å²) in [6.45, 7) is 6.41. The van der Waals surface area contributed by atoms with Gasteiger partial charge in [0, 0.05) is 57.6 Å². The van der Waals surface area contributed by atoms with Crippen molar-refractivity contribution in [3.05, 3.63) is 84.3 Å². The Morgan fingerprint density at radius 2 is 1.70 bits per heavy atom. The number of amides is 1. The Bertz CT molecular complexity index is 1230. The fourth-order valence-corrected chi connectivity index (χ4v) is 4.20. The number of ether oxygens (including phenoxy) is 1. The zero-order chi connectivity index (χ0) is 22.6. The zero-order valence-corrected chi connectivity index (χ0v) is 18.7. The summed E-state index contributed by atoms with van der Waals surface area (Å²) in [4.78, 5) is 24.8. The van der Waals surface area contributed by atoms with E-state index >= 15 is 0 Å². The smallest absolute Gasteiger partial charge is 0.258 e. The minimum Gasteiger partial charge on any atom is -0.470 e. The Balaban J connectivity index is 1.28. The Hall–Kier alpha value is -3.71. The van der Waals surface area contributed by atoms with Gasteiger partial charge in [0.25, 0.3) is 5.88 Å². The third-order valence-corrected chi connectivity index (χ3v) is 6.09. The van der Waals surface area contributed by atoms with Crippen LogP contribution < -0.4 is 4.74 Å². The van der Waals surface area contributed by atoms with Crippen LogP contribution >= 0.6 is 0 Å². The van der Waals surface area contributed by atoms with Crippen LogP contribution in [0.5, 0.6) is 5.88 Å². The van der Waals surface area contributed by atoms with Gasteiger partial charge in [0.15, 0.2) is 0 Å². The average Bonchev–Trinajstić information content (AvgIpc) is 3.29. The lowest BCUT2D eigenvalue weighted by molar-refractivity contribution is -0.130. The monoisotopic (exact) mass is 441 g/mol. The molecule has 1 fully saturated rings. The van der Waals surface area contributed by atoms with Gasteiger partial charge in [-0.05, 0) is 11.1 Å². The number of nitrogens with zero attached hydrogens (tertiary/aromatic N) is 5. The van der Waals surface area contributed by atoms with Gasteiger partial charge >= 0.3 is 0 Å². The number of aromatic nitrogens is 3. The number of hydrogen-bond acceptors (Lipinski definition) is 5. The third-order valence-electron chi connectivity index (χ3n) is 6.09. The highest BCUT2D eigenvalue weighted by Crippen LogP contribution is 2.25. The second kappa shape index (κ2) is 9.42. The van der Waals surface area contributed by atoms with Gasteiger partial charge in [-0.2, -0.15) is 0 Å². The lowest BCUT2D eigenvalue weighted by atomic mass is 10.1. The maximum atomic E-state index is 11.5. The molecule has 7 heteroatoms. The van der Waals surface area contributed by atoms with Gasteiger partial charge < -0.3 is 9.64 Å². The Kier molecular flexibility index (Phi) is 6.04. The van der Waals surface area contributed by atoms with Gasteiger partial charge in [-0.1, -0.05) is 54.6 Å². The molecule has 0 radical (unpaired) electrons. The number of carbonyl (C=O) groups excluding carboxylic acids is 1. The fraction of sp³-hybridized carbons (Fsp3) is 0.269. The predicted octanol–water partition coefficient (Wildman–Crippen LogP) is 3.64. The molecule has 2 aromatic carbocycles. The molecule has 168 valence electrons. The van der Waals surface area contributed by atoms with E-state index in [0.717, 1.165) is 49.5 Å². The maximum Gasteiger partial charge on any atom is 0.258 e. The normalized spacial score (nSPS) is 14.5. The standard InChI is InChI=1S/C26H27N5O2/c1-20(32)30-15-13-29(14-16-30)18-21-7-9-23(10-8-21)24-17-28-25-26(27-11-12-31(24)25)33-19-22-5-3-2-4-6-22/h2-12,17H,13-16,18-19H2,1H3. The number of rotatable bonds is 6. The van der Waals surface area contributed by atoms with Crippen LogP contribution in [-0.2, 0) is 17.9 Å². The van der Waals surface area contributed by atoms with Crippen molar-refractivity contribution in [3.8, 4) is 17.1 Å². The van der Waals surface area contributed by atoms with Crippen molar-refractivity contribution in [1.29, 1.82) is 0 Å². The molecule has 0 aliphatic carbocycles. The van der Waals surface area contributed by atoms with E-state index in [1.54, 1.807) is 13.1 Å². The van der Waals surface area contributed by atoms with Crippen LogP contribution in [-0.4, -0.2) is 56.3 Å². The summed E-state index contributed by atoms with van der Waals surface area (Å²) in [5.41, 5.74) is 5.14. The van der Waals surface area contributed by atoms with Crippen LogP contribution in [0.1, 0.15) is 18.1 Å².